The summed E-state index contributed by atoms with van der Waals surface area (Å²) in [6, 6.07) is 0. The minimum absolute atomic E-state index is 0.0436. The van der Waals surface area contributed by atoms with Crippen molar-refractivity contribution in [1.29, 1.82) is 0 Å². The normalized spacial score (nSPS) is 14.0. The molecule has 0 saturated carbocycles. The Bertz CT molecular complexity index is 2300. The van der Waals surface area contributed by atoms with Gasteiger partial charge in [0.25, 0.3) is 0 Å². The molecule has 0 fully saturated rings. The summed E-state index contributed by atoms with van der Waals surface area (Å²) in [4.78, 5) is 35.5. The Morgan fingerprint density at radius 1 is 0.309 bits per heavy atom. The Hall–Kier alpha value is -5.15. The van der Waals surface area contributed by atoms with Crippen molar-refractivity contribution in [2.45, 2.75) is 315 Å². The Kier molecular flexibility index (Phi) is 75.6. The van der Waals surface area contributed by atoms with Gasteiger partial charge in [0.1, 0.15) is 6.61 Å². The molecule has 0 aliphatic carbocycles. The minimum Gasteiger partial charge on any atom is -0.462 e. The third-order valence-electron chi connectivity index (χ3n) is 16.0. The first-order chi connectivity index (χ1) is 47.8. The molecule has 0 aromatic rings. The van der Waals surface area contributed by atoms with E-state index in [1.807, 2.05) is 0 Å². The van der Waals surface area contributed by atoms with E-state index < -0.39 is 26.5 Å². The highest BCUT2D eigenvalue weighted by molar-refractivity contribution is 7.47. The lowest BCUT2D eigenvalue weighted by molar-refractivity contribution is -0.161. The van der Waals surface area contributed by atoms with Gasteiger partial charge in [-0.05, 0) is 141 Å². The summed E-state index contributed by atoms with van der Waals surface area (Å²) in [5, 5.41) is 0. The third kappa shape index (κ3) is 79.7. The molecule has 0 aliphatic heterocycles. The number of carbonyl (C=O) groups excluding carboxylic acids is 2. The van der Waals surface area contributed by atoms with Crippen molar-refractivity contribution in [2.75, 3.05) is 26.4 Å². The number of rotatable bonds is 71. The monoisotopic (exact) mass is 1360 g/mol. The third-order valence-corrected chi connectivity index (χ3v) is 17.0. The maximum Gasteiger partial charge on any atom is 0.472 e. The maximum absolute atomic E-state index is 12.8. The molecule has 9 nitrogen and oxygen atoms in total. The molecule has 0 aliphatic rings. The van der Waals surface area contributed by atoms with E-state index in [0.717, 1.165) is 154 Å². The number of phosphoric acid groups is 1. The largest absolute Gasteiger partial charge is 0.472 e. The zero-order chi connectivity index (χ0) is 70.0. The molecule has 0 radical (unpaired) electrons. The lowest BCUT2D eigenvalue weighted by atomic mass is 10.0. The van der Waals surface area contributed by atoms with Crippen molar-refractivity contribution in [3.8, 4) is 0 Å². The Morgan fingerprint density at radius 2 is 0.536 bits per heavy atom. The minimum atomic E-state index is -4.41. The molecule has 97 heavy (non-hydrogen) atoms. The number of hydrogen-bond acceptors (Lipinski definition) is 8. The summed E-state index contributed by atoms with van der Waals surface area (Å²) < 4.78 is 33.2. The highest BCUT2D eigenvalue weighted by Crippen LogP contribution is 2.43. The quantitative estimate of drug-likeness (QED) is 0.0264. The van der Waals surface area contributed by atoms with Crippen molar-refractivity contribution in [3.63, 3.8) is 0 Å². The summed E-state index contributed by atoms with van der Waals surface area (Å²) >= 11 is 0. The predicted octanol–water partition coefficient (Wildman–Crippen LogP) is 26.4. The van der Waals surface area contributed by atoms with Crippen LogP contribution in [0.1, 0.15) is 309 Å². The first kappa shape index (κ1) is 91.8. The van der Waals surface area contributed by atoms with E-state index in [-0.39, 0.29) is 38.6 Å². The van der Waals surface area contributed by atoms with Crippen LogP contribution in [0.2, 0.25) is 0 Å². The fourth-order valence-corrected chi connectivity index (χ4v) is 11.1. The second kappa shape index (κ2) is 79.8. The molecule has 0 saturated heterocycles. The molecule has 548 valence electrons. The number of phosphoric ester groups is 1. The summed E-state index contributed by atoms with van der Waals surface area (Å²) in [6.07, 6.45) is 121. The molecular weight excluding hydrogens is 1220 g/mol. The van der Waals surface area contributed by atoms with Crippen LogP contribution in [0.4, 0.5) is 0 Å². The molecule has 0 aromatic carbocycles. The highest BCUT2D eigenvalue weighted by Gasteiger charge is 2.26. The van der Waals surface area contributed by atoms with Crippen molar-refractivity contribution in [3.05, 3.63) is 194 Å². The summed E-state index contributed by atoms with van der Waals surface area (Å²) in [7, 11) is -4.41. The molecule has 3 N–H and O–H groups in total. The number of esters is 2. The number of carbonyl (C=O) groups is 2. The Labute approximate surface area is 596 Å². The predicted molar refractivity (Wildman–Crippen MR) is 422 cm³/mol. The van der Waals surface area contributed by atoms with Crippen LogP contribution in [-0.2, 0) is 32.7 Å². The summed E-state index contributed by atoms with van der Waals surface area (Å²) in [5.41, 5.74) is 5.41. The molecule has 10 heteroatoms. The van der Waals surface area contributed by atoms with Crippen molar-refractivity contribution >= 4 is 19.8 Å². The summed E-state index contributed by atoms with van der Waals surface area (Å²) in [5.74, 6) is -0.843. The molecule has 0 heterocycles. The molecule has 0 spiro atoms. The van der Waals surface area contributed by atoms with Crippen LogP contribution < -0.4 is 5.73 Å². The number of hydrogen-bond donors (Lipinski definition) is 2. The first-order valence-corrected chi connectivity index (χ1v) is 40.4. The molecule has 0 bridgehead atoms. The second-order valence-electron chi connectivity index (χ2n) is 25.1. The molecule has 0 rings (SSSR count). The lowest BCUT2D eigenvalue weighted by Gasteiger charge is -2.19. The molecule has 0 amide bonds. The van der Waals surface area contributed by atoms with Gasteiger partial charge >= 0.3 is 19.8 Å². The van der Waals surface area contributed by atoms with E-state index in [4.69, 9.17) is 24.3 Å². The van der Waals surface area contributed by atoms with E-state index in [0.29, 0.717) is 6.42 Å². The zero-order valence-electron chi connectivity index (χ0n) is 61.7. The van der Waals surface area contributed by atoms with Crippen LogP contribution in [0.15, 0.2) is 194 Å². The van der Waals surface area contributed by atoms with E-state index >= 15 is 0 Å². The Morgan fingerprint density at radius 3 is 0.794 bits per heavy atom. The fourth-order valence-electron chi connectivity index (χ4n) is 10.3. The van der Waals surface area contributed by atoms with Crippen LogP contribution in [0.5, 0.6) is 0 Å². The van der Waals surface area contributed by atoms with Gasteiger partial charge in [-0.25, -0.2) is 4.57 Å². The topological polar surface area (TPSA) is 134 Å². The first-order valence-electron chi connectivity index (χ1n) is 38.9. The number of allylic oxidation sites excluding steroid dienone is 32. The van der Waals surface area contributed by atoms with Gasteiger partial charge in [0.15, 0.2) is 6.10 Å². The average molecular weight is 1360 g/mol. The Balaban J connectivity index is 3.90. The van der Waals surface area contributed by atoms with Gasteiger partial charge in [-0.3, -0.25) is 18.6 Å². The van der Waals surface area contributed by atoms with E-state index in [9.17, 15) is 19.0 Å². The van der Waals surface area contributed by atoms with Gasteiger partial charge in [0.2, 0.25) is 0 Å². The van der Waals surface area contributed by atoms with Crippen LogP contribution in [0.25, 0.3) is 0 Å². The van der Waals surface area contributed by atoms with Crippen LogP contribution >= 0.6 is 7.82 Å². The van der Waals surface area contributed by atoms with Gasteiger partial charge in [-0.2, -0.15) is 0 Å². The number of unbranched alkanes of at least 4 members (excludes halogenated alkanes) is 26. The van der Waals surface area contributed by atoms with Crippen molar-refractivity contribution in [1.82, 2.24) is 0 Å². The summed E-state index contributed by atoms with van der Waals surface area (Å²) in [6.45, 7) is 3.51. The van der Waals surface area contributed by atoms with Gasteiger partial charge < -0.3 is 20.1 Å². The lowest BCUT2D eigenvalue weighted by Crippen LogP contribution is -2.29. The zero-order valence-corrected chi connectivity index (χ0v) is 62.6. The second-order valence-corrected chi connectivity index (χ2v) is 26.6. The standard InChI is InChI=1S/C87H142NO8P/c1-3-5-7-9-11-13-15-17-19-21-23-25-27-29-31-33-35-37-39-40-41-42-43-44-46-47-49-51-53-55-57-59-61-63-65-67-69-71-73-75-77-79-86(89)93-83-85(84-95-97(91,92)94-82-81-88)96-87(90)80-78-76-74-72-70-68-66-64-62-60-58-56-54-52-50-48-45-38-36-34-32-30-28-26-24-22-20-18-16-14-12-10-8-6-4-2/h5-8,11-14,17-20,23-26,29-32,35-38,40-41,48,50,54,56,60,62,85H,3-4,9-10,15-16,21-22,27-28,33-34,39,42-47,49,51-53,55,57-59,61,63-84,88H2,1-2H3,(H,91,92)/b7-5-,8-6-,13-11-,14-12-,19-17-,20-18-,25-23-,26-24-,31-29-,32-30-,37-35-,38-36-,41-40-,50-48-,56-54-,62-60-. The maximum atomic E-state index is 12.8. The average Bonchev–Trinajstić information content (AvgIpc) is 2.69. The van der Waals surface area contributed by atoms with Crippen molar-refractivity contribution in [2.24, 2.45) is 5.73 Å². The van der Waals surface area contributed by atoms with E-state index in [1.54, 1.807) is 0 Å². The fraction of sp³-hybridized carbons (Fsp3) is 0.609. The van der Waals surface area contributed by atoms with Crippen LogP contribution in [0, 0.1) is 0 Å². The molecule has 2 atom stereocenters. The van der Waals surface area contributed by atoms with Gasteiger partial charge in [0, 0.05) is 19.4 Å². The molecular formula is C87H142NO8P. The molecule has 0 aromatic heterocycles. The van der Waals surface area contributed by atoms with Gasteiger partial charge in [-0.1, -0.05) is 350 Å². The molecule has 2 unspecified atom stereocenters. The highest BCUT2D eigenvalue weighted by atomic mass is 31.2. The van der Waals surface area contributed by atoms with Crippen LogP contribution in [-0.4, -0.2) is 49.3 Å². The number of nitrogens with two attached hydrogens (primary N) is 1. The van der Waals surface area contributed by atoms with E-state index in [2.05, 4.69) is 208 Å². The SMILES string of the molecule is CC/C=C\C/C=C\C/C=C\C/C=C\C/C=C\C/C=C\C/C=C\C/C=C\C/C=C\CCCCCCCCCC(=O)OC(COC(=O)CCCCCCCCCCCCCCCCCCCCC/C=C\C/C=C\C/C=C\C/C=C\C/C=C\C/C=C\C/C=C\CC)COP(=O)(O)OCCN. The number of ether oxygens (including phenoxy) is 2. The van der Waals surface area contributed by atoms with Crippen molar-refractivity contribution < 1.29 is 37.6 Å². The van der Waals surface area contributed by atoms with Gasteiger partial charge in [0.05, 0.1) is 13.2 Å². The van der Waals surface area contributed by atoms with Gasteiger partial charge in [-0.15, -0.1) is 0 Å². The van der Waals surface area contributed by atoms with E-state index in [1.165, 1.54) is 122 Å². The smallest absolute Gasteiger partial charge is 0.462 e. The van der Waals surface area contributed by atoms with Crippen LogP contribution in [0.3, 0.4) is 0 Å².